The number of aromatic nitrogens is 1. The average Bonchev–Trinajstić information content (AvgIpc) is 2.83. The highest BCUT2D eigenvalue weighted by Gasteiger charge is 2.26. The number of rotatable bonds is 5. The summed E-state index contributed by atoms with van der Waals surface area (Å²) in [5, 5.41) is 8.96. The Morgan fingerprint density at radius 3 is 2.52 bits per heavy atom. The van der Waals surface area contributed by atoms with Crippen molar-refractivity contribution in [1.29, 1.82) is 0 Å². The summed E-state index contributed by atoms with van der Waals surface area (Å²) in [5.74, 6) is -1.12. The van der Waals surface area contributed by atoms with Crippen molar-refractivity contribution >= 4 is 27.3 Å². The first-order chi connectivity index (χ1) is 9.82. The standard InChI is InChI=1S/C13H14N2O4S2/c1-9-12(7-11(20-9)13(16)17)21(18,19)15(2)8-10-3-5-14-6-4-10/h3-7H,8H2,1-2H3,(H,16,17). The number of sulfonamides is 1. The Hall–Kier alpha value is -1.77. The predicted octanol–water partition coefficient (Wildman–Crippen LogP) is 1.97. The summed E-state index contributed by atoms with van der Waals surface area (Å²) in [5.41, 5.74) is 0.808. The fraction of sp³-hybridized carbons (Fsp3) is 0.231. The molecule has 0 radical (unpaired) electrons. The van der Waals surface area contributed by atoms with Crippen LogP contribution in [0.1, 0.15) is 20.1 Å². The van der Waals surface area contributed by atoms with Crippen molar-refractivity contribution in [3.8, 4) is 0 Å². The second kappa shape index (κ2) is 5.92. The molecule has 0 amide bonds. The van der Waals surface area contributed by atoms with Crippen LogP contribution in [-0.4, -0.2) is 35.8 Å². The summed E-state index contributed by atoms with van der Waals surface area (Å²) >= 11 is 0.958. The van der Waals surface area contributed by atoms with Crippen LogP contribution in [-0.2, 0) is 16.6 Å². The van der Waals surface area contributed by atoms with Gasteiger partial charge in [-0.25, -0.2) is 13.2 Å². The molecule has 0 unspecified atom stereocenters. The van der Waals surface area contributed by atoms with Crippen molar-refractivity contribution in [2.75, 3.05) is 7.05 Å². The van der Waals surface area contributed by atoms with E-state index in [1.165, 1.54) is 17.4 Å². The molecule has 8 heteroatoms. The predicted molar refractivity (Wildman–Crippen MR) is 78.9 cm³/mol. The maximum absolute atomic E-state index is 12.5. The molecule has 0 aliphatic rings. The number of pyridine rings is 1. The Balaban J connectivity index is 2.31. The lowest BCUT2D eigenvalue weighted by Crippen LogP contribution is -2.26. The summed E-state index contributed by atoms with van der Waals surface area (Å²) in [6.45, 7) is 1.80. The molecule has 1 N–H and O–H groups in total. The fourth-order valence-electron chi connectivity index (χ4n) is 1.83. The van der Waals surface area contributed by atoms with Crippen LogP contribution in [0.15, 0.2) is 35.5 Å². The number of aryl methyl sites for hydroxylation is 1. The van der Waals surface area contributed by atoms with E-state index in [9.17, 15) is 13.2 Å². The third-order valence-corrected chi connectivity index (χ3v) is 6.02. The van der Waals surface area contributed by atoms with Gasteiger partial charge in [-0.1, -0.05) is 0 Å². The number of carbonyl (C=O) groups is 1. The van der Waals surface area contributed by atoms with E-state index in [0.717, 1.165) is 16.9 Å². The van der Waals surface area contributed by atoms with Gasteiger partial charge in [-0.2, -0.15) is 4.31 Å². The lowest BCUT2D eigenvalue weighted by atomic mass is 10.3. The van der Waals surface area contributed by atoms with Gasteiger partial charge in [0.2, 0.25) is 10.0 Å². The normalized spacial score (nSPS) is 11.8. The molecule has 2 aromatic rings. The maximum Gasteiger partial charge on any atom is 0.345 e. The van der Waals surface area contributed by atoms with E-state index in [1.54, 1.807) is 31.5 Å². The summed E-state index contributed by atoms with van der Waals surface area (Å²) in [6, 6.07) is 4.67. The molecule has 0 spiro atoms. The molecule has 0 saturated heterocycles. The molecule has 0 atom stereocenters. The monoisotopic (exact) mass is 326 g/mol. The molecule has 0 fully saturated rings. The van der Waals surface area contributed by atoms with E-state index in [1.807, 2.05) is 0 Å². The van der Waals surface area contributed by atoms with Crippen molar-refractivity contribution in [3.05, 3.63) is 45.9 Å². The Morgan fingerprint density at radius 1 is 1.38 bits per heavy atom. The first-order valence-electron chi connectivity index (χ1n) is 6.01. The van der Waals surface area contributed by atoms with Gasteiger partial charge in [0, 0.05) is 30.9 Å². The highest BCUT2D eigenvalue weighted by Crippen LogP contribution is 2.28. The second-order valence-electron chi connectivity index (χ2n) is 4.45. The Bertz CT molecular complexity index is 754. The van der Waals surface area contributed by atoms with Gasteiger partial charge in [-0.15, -0.1) is 11.3 Å². The van der Waals surface area contributed by atoms with Crippen LogP contribution in [0.2, 0.25) is 0 Å². The molecule has 21 heavy (non-hydrogen) atoms. The molecule has 0 saturated carbocycles. The summed E-state index contributed by atoms with van der Waals surface area (Å²) < 4.78 is 26.2. The van der Waals surface area contributed by atoms with E-state index in [2.05, 4.69) is 4.98 Å². The first kappa shape index (κ1) is 15.6. The minimum absolute atomic E-state index is 0.0170. The van der Waals surface area contributed by atoms with Crippen molar-refractivity contribution < 1.29 is 18.3 Å². The molecular weight excluding hydrogens is 312 g/mol. The third-order valence-electron chi connectivity index (χ3n) is 2.93. The molecular formula is C13H14N2O4S2. The van der Waals surface area contributed by atoms with Gasteiger partial charge in [0.1, 0.15) is 4.88 Å². The number of aromatic carboxylic acids is 1. The van der Waals surface area contributed by atoms with Crippen molar-refractivity contribution in [1.82, 2.24) is 9.29 Å². The zero-order chi connectivity index (χ0) is 15.6. The molecule has 2 rings (SSSR count). The minimum atomic E-state index is -3.72. The molecule has 0 aliphatic carbocycles. The van der Waals surface area contributed by atoms with E-state index >= 15 is 0 Å². The van der Waals surface area contributed by atoms with Gasteiger partial charge in [0.15, 0.2) is 0 Å². The third kappa shape index (κ3) is 3.29. The van der Waals surface area contributed by atoms with E-state index in [0.29, 0.717) is 4.88 Å². The van der Waals surface area contributed by atoms with Crippen LogP contribution in [0, 0.1) is 6.92 Å². The molecule has 6 nitrogen and oxygen atoms in total. The summed E-state index contributed by atoms with van der Waals surface area (Å²) in [6.07, 6.45) is 3.18. The first-order valence-corrected chi connectivity index (χ1v) is 8.27. The molecule has 2 aromatic heterocycles. The van der Waals surface area contributed by atoms with Gasteiger partial charge in [-0.05, 0) is 30.7 Å². The number of hydrogen-bond donors (Lipinski definition) is 1. The number of carboxylic acid groups (broad SMARTS) is 1. The Kier molecular flexibility index (Phi) is 4.40. The van der Waals surface area contributed by atoms with Gasteiger partial charge < -0.3 is 5.11 Å². The highest BCUT2D eigenvalue weighted by atomic mass is 32.2. The summed E-state index contributed by atoms with van der Waals surface area (Å²) in [7, 11) is -2.25. The van der Waals surface area contributed by atoms with Crippen molar-refractivity contribution in [2.45, 2.75) is 18.4 Å². The number of carboxylic acids is 1. The summed E-state index contributed by atoms with van der Waals surface area (Å²) in [4.78, 5) is 15.4. The lowest BCUT2D eigenvalue weighted by molar-refractivity contribution is 0.0702. The Morgan fingerprint density at radius 2 is 2.00 bits per heavy atom. The van der Waals surface area contributed by atoms with Gasteiger partial charge >= 0.3 is 5.97 Å². The molecule has 2 heterocycles. The second-order valence-corrected chi connectivity index (χ2v) is 7.72. The van der Waals surface area contributed by atoms with Crippen LogP contribution < -0.4 is 0 Å². The Labute approximate surface area is 126 Å². The molecule has 112 valence electrons. The van der Waals surface area contributed by atoms with E-state index in [4.69, 9.17) is 5.11 Å². The van der Waals surface area contributed by atoms with Crippen LogP contribution in [0.25, 0.3) is 0 Å². The number of thiophene rings is 1. The zero-order valence-corrected chi connectivity index (χ0v) is 13.1. The van der Waals surface area contributed by atoms with Crippen molar-refractivity contribution in [2.24, 2.45) is 0 Å². The molecule has 0 aliphatic heterocycles. The molecule has 0 aromatic carbocycles. The number of hydrogen-bond acceptors (Lipinski definition) is 5. The van der Waals surface area contributed by atoms with Gasteiger partial charge in [0.25, 0.3) is 0 Å². The highest BCUT2D eigenvalue weighted by molar-refractivity contribution is 7.89. The van der Waals surface area contributed by atoms with E-state index < -0.39 is 16.0 Å². The quantitative estimate of drug-likeness (QED) is 0.907. The fourth-order valence-corrected chi connectivity index (χ4v) is 4.38. The van der Waals surface area contributed by atoms with Crippen LogP contribution in [0.5, 0.6) is 0 Å². The minimum Gasteiger partial charge on any atom is -0.477 e. The maximum atomic E-state index is 12.5. The molecule has 0 bridgehead atoms. The topological polar surface area (TPSA) is 87.6 Å². The SMILES string of the molecule is Cc1sc(C(=O)O)cc1S(=O)(=O)N(C)Cc1ccncc1. The van der Waals surface area contributed by atoms with Gasteiger partial charge in [-0.3, -0.25) is 4.98 Å². The largest absolute Gasteiger partial charge is 0.477 e. The van der Waals surface area contributed by atoms with Crippen LogP contribution >= 0.6 is 11.3 Å². The average molecular weight is 326 g/mol. The van der Waals surface area contributed by atoms with Crippen LogP contribution in [0.4, 0.5) is 0 Å². The zero-order valence-electron chi connectivity index (χ0n) is 11.5. The van der Waals surface area contributed by atoms with Gasteiger partial charge in [0.05, 0.1) is 4.90 Å². The van der Waals surface area contributed by atoms with E-state index in [-0.39, 0.29) is 16.3 Å². The van der Waals surface area contributed by atoms with Crippen molar-refractivity contribution in [3.63, 3.8) is 0 Å². The number of nitrogens with zero attached hydrogens (tertiary/aromatic N) is 2. The lowest BCUT2D eigenvalue weighted by Gasteiger charge is -2.16. The smallest absolute Gasteiger partial charge is 0.345 e. The van der Waals surface area contributed by atoms with Crippen LogP contribution in [0.3, 0.4) is 0 Å².